The van der Waals surface area contributed by atoms with Crippen LogP contribution in [0.1, 0.15) is 6.42 Å². The molecule has 0 atom stereocenters. The molecule has 0 fully saturated rings. The Kier molecular flexibility index (Phi) is 9.06. The number of primary amides is 1. The van der Waals surface area contributed by atoms with Gasteiger partial charge in [0, 0.05) is 0 Å². The Balaban J connectivity index is 0. The number of rotatable bonds is 1. The fourth-order valence-electron chi connectivity index (χ4n) is 0.0779. The van der Waals surface area contributed by atoms with Crippen molar-refractivity contribution in [3.8, 4) is 6.07 Å². The van der Waals surface area contributed by atoms with Gasteiger partial charge in [-0.2, -0.15) is 5.26 Å². The van der Waals surface area contributed by atoms with Crippen molar-refractivity contribution in [1.82, 2.24) is 0 Å². The first-order valence-corrected chi connectivity index (χ1v) is 2.08. The summed E-state index contributed by atoms with van der Waals surface area (Å²) in [7, 11) is -3.67. The molecular weight excluding hydrogens is 148 g/mol. The van der Waals surface area contributed by atoms with Crippen LogP contribution in [0.3, 0.4) is 0 Å². The van der Waals surface area contributed by atoms with Crippen LogP contribution in [-0.2, 0) is 4.79 Å². The number of nitriles is 1. The Hall–Kier alpha value is -1.19. The third kappa shape index (κ3) is 70.0. The lowest BCUT2D eigenvalue weighted by molar-refractivity contribution is -0.117. The van der Waals surface area contributed by atoms with Gasteiger partial charge in [-0.15, -0.1) is 0 Å². The molecule has 0 saturated heterocycles. The SMILES string of the molecule is FB(F)F.N#CCC(N)=O. The minimum Gasteiger partial charge on any atom is -0.369 e. The minimum absolute atomic E-state index is 0.181. The molecule has 0 heterocycles. The van der Waals surface area contributed by atoms with Gasteiger partial charge < -0.3 is 5.73 Å². The van der Waals surface area contributed by atoms with Crippen molar-refractivity contribution in [1.29, 1.82) is 5.26 Å². The Morgan fingerprint density at radius 2 is 1.90 bits per heavy atom. The summed E-state index contributed by atoms with van der Waals surface area (Å²) in [6.45, 7) is 0. The van der Waals surface area contributed by atoms with E-state index >= 15 is 0 Å². The highest BCUT2D eigenvalue weighted by Crippen LogP contribution is 1.80. The second kappa shape index (κ2) is 7.81. The van der Waals surface area contributed by atoms with Crippen molar-refractivity contribution in [2.24, 2.45) is 5.73 Å². The van der Waals surface area contributed by atoms with Gasteiger partial charge in [0.25, 0.3) is 0 Å². The molecule has 3 nitrogen and oxygen atoms in total. The molecule has 0 aromatic heterocycles. The molecule has 0 aliphatic rings. The maximum Gasteiger partial charge on any atom is 0.762 e. The fourth-order valence-corrected chi connectivity index (χ4v) is 0.0779. The van der Waals surface area contributed by atoms with Crippen LogP contribution in [0.4, 0.5) is 12.9 Å². The summed E-state index contributed by atoms with van der Waals surface area (Å²) in [5.41, 5.74) is 4.54. The molecule has 1 amide bonds. The van der Waals surface area contributed by atoms with Crippen molar-refractivity contribution in [2.75, 3.05) is 0 Å². The molecule has 0 unspecified atom stereocenters. The summed E-state index contributed by atoms with van der Waals surface area (Å²) in [6.07, 6.45) is -0.181. The van der Waals surface area contributed by atoms with E-state index in [1.165, 1.54) is 0 Å². The maximum atomic E-state index is 9.67. The van der Waals surface area contributed by atoms with Gasteiger partial charge in [-0.3, -0.25) is 17.7 Å². The van der Waals surface area contributed by atoms with Crippen LogP contribution in [0.25, 0.3) is 0 Å². The lowest BCUT2D eigenvalue weighted by Crippen LogP contribution is -2.07. The van der Waals surface area contributed by atoms with Crippen LogP contribution in [0, 0.1) is 11.3 Å². The second-order valence-corrected chi connectivity index (χ2v) is 1.05. The molecule has 0 aromatic carbocycles. The summed E-state index contributed by atoms with van der Waals surface area (Å²) < 4.78 is 29.0. The Bertz CT molecular complexity index is 131. The standard InChI is InChI=1S/C3H4N2O.BF3/c4-2-1-3(5)6;2-1(3)4/h1H2,(H2,5,6);. The van der Waals surface area contributed by atoms with E-state index in [4.69, 9.17) is 5.26 Å². The van der Waals surface area contributed by atoms with Crippen molar-refractivity contribution in [3.05, 3.63) is 0 Å². The molecule has 0 bridgehead atoms. The highest BCUT2D eigenvalue weighted by atomic mass is 19.4. The normalized spacial score (nSPS) is 6.60. The maximum absolute atomic E-state index is 9.67. The number of nitrogens with two attached hydrogens (primary N) is 1. The molecular formula is C3H4BF3N2O. The molecule has 0 aliphatic carbocycles. The first kappa shape index (κ1) is 11.6. The van der Waals surface area contributed by atoms with Gasteiger partial charge in [-0.1, -0.05) is 0 Å². The molecule has 0 rings (SSSR count). The van der Waals surface area contributed by atoms with Gasteiger partial charge in [0.05, 0.1) is 6.07 Å². The number of hydrogen-bond donors (Lipinski definition) is 1. The Labute approximate surface area is 55.8 Å². The number of hydrogen-bond acceptors (Lipinski definition) is 2. The largest absolute Gasteiger partial charge is 0.762 e. The Morgan fingerprint density at radius 3 is 1.90 bits per heavy atom. The van der Waals surface area contributed by atoms with E-state index in [2.05, 4.69) is 5.73 Å². The van der Waals surface area contributed by atoms with Crippen LogP contribution in [0.5, 0.6) is 0 Å². The molecule has 0 aliphatic heterocycles. The van der Waals surface area contributed by atoms with E-state index in [0.29, 0.717) is 0 Å². The summed E-state index contributed by atoms with van der Waals surface area (Å²) in [5, 5.41) is 7.69. The van der Waals surface area contributed by atoms with Gasteiger partial charge >= 0.3 is 7.54 Å². The van der Waals surface area contributed by atoms with E-state index in [-0.39, 0.29) is 6.42 Å². The van der Waals surface area contributed by atoms with Crippen molar-refractivity contribution in [2.45, 2.75) is 6.42 Å². The van der Waals surface area contributed by atoms with E-state index < -0.39 is 13.5 Å². The Morgan fingerprint density at radius 1 is 1.60 bits per heavy atom. The molecule has 10 heavy (non-hydrogen) atoms. The first-order chi connectivity index (χ1) is 4.50. The number of nitrogens with zero attached hydrogens (tertiary/aromatic N) is 1. The van der Waals surface area contributed by atoms with E-state index in [1.54, 1.807) is 6.07 Å². The molecule has 0 spiro atoms. The number of carbonyl (C=O) groups is 1. The van der Waals surface area contributed by atoms with Crippen molar-refractivity contribution >= 4 is 13.5 Å². The van der Waals surface area contributed by atoms with Crippen LogP contribution in [0.15, 0.2) is 0 Å². The lowest BCUT2D eigenvalue weighted by atomic mass is 10.5. The van der Waals surface area contributed by atoms with Crippen molar-refractivity contribution < 1.29 is 17.7 Å². The third-order valence-electron chi connectivity index (χ3n) is 0.253. The summed E-state index contributed by atoms with van der Waals surface area (Å²) in [5.74, 6) is -0.572. The predicted octanol–water partition coefficient (Wildman–Crippen LogP) is 0.265. The first-order valence-electron chi connectivity index (χ1n) is 2.08. The van der Waals surface area contributed by atoms with Gasteiger partial charge in [0.15, 0.2) is 0 Å². The zero-order valence-corrected chi connectivity index (χ0v) is 4.85. The average Bonchev–Trinajstić information content (AvgIpc) is 1.62. The average molecular weight is 152 g/mol. The topological polar surface area (TPSA) is 66.9 Å². The molecule has 0 saturated carbocycles. The van der Waals surface area contributed by atoms with Gasteiger partial charge in [0.1, 0.15) is 6.42 Å². The summed E-state index contributed by atoms with van der Waals surface area (Å²) in [6, 6.07) is 1.59. The van der Waals surface area contributed by atoms with E-state index in [1.807, 2.05) is 0 Å². The monoisotopic (exact) mass is 152 g/mol. The quantitative estimate of drug-likeness (QED) is 0.547. The van der Waals surface area contributed by atoms with E-state index in [9.17, 15) is 17.7 Å². The molecule has 7 heteroatoms. The predicted molar refractivity (Wildman–Crippen MR) is 28.5 cm³/mol. The fraction of sp³-hybridized carbons (Fsp3) is 0.333. The highest BCUT2D eigenvalue weighted by Gasteiger charge is 2.06. The van der Waals surface area contributed by atoms with E-state index in [0.717, 1.165) is 0 Å². The summed E-state index contributed by atoms with van der Waals surface area (Å²) in [4.78, 5) is 9.60. The smallest absolute Gasteiger partial charge is 0.369 e. The molecule has 2 N–H and O–H groups in total. The summed E-state index contributed by atoms with van der Waals surface area (Å²) >= 11 is 0. The third-order valence-corrected chi connectivity index (χ3v) is 0.253. The van der Waals surface area contributed by atoms with Crippen LogP contribution in [-0.4, -0.2) is 13.5 Å². The number of carbonyl (C=O) groups excluding carboxylic acids is 1. The molecule has 0 aromatic rings. The zero-order chi connectivity index (χ0) is 8.57. The van der Waals surface area contributed by atoms with Gasteiger partial charge in [0.2, 0.25) is 5.91 Å². The molecule has 56 valence electrons. The lowest BCUT2D eigenvalue weighted by Gasteiger charge is -1.71. The minimum atomic E-state index is -3.67. The number of amides is 1. The van der Waals surface area contributed by atoms with Gasteiger partial charge in [-0.05, 0) is 0 Å². The van der Waals surface area contributed by atoms with Gasteiger partial charge in [-0.25, -0.2) is 0 Å². The van der Waals surface area contributed by atoms with Crippen LogP contribution < -0.4 is 5.73 Å². The zero-order valence-electron chi connectivity index (χ0n) is 4.85. The second-order valence-electron chi connectivity index (χ2n) is 1.05. The van der Waals surface area contributed by atoms with Crippen LogP contribution >= 0.6 is 0 Å². The van der Waals surface area contributed by atoms with Crippen molar-refractivity contribution in [3.63, 3.8) is 0 Å². The highest BCUT2D eigenvalue weighted by molar-refractivity contribution is 6.33. The van der Waals surface area contributed by atoms with Crippen LogP contribution in [0.2, 0.25) is 0 Å². The number of halogens is 3. The molecule has 0 radical (unpaired) electrons.